The Morgan fingerprint density at radius 1 is 0.977 bits per heavy atom. The summed E-state index contributed by atoms with van der Waals surface area (Å²) in [5.74, 6) is 1.44. The zero-order valence-electron chi connectivity index (χ0n) is 25.3. The van der Waals surface area contributed by atoms with Gasteiger partial charge in [0.1, 0.15) is 18.2 Å². The van der Waals surface area contributed by atoms with E-state index in [1.165, 1.54) is 31.2 Å². The zero-order chi connectivity index (χ0) is 30.2. The van der Waals surface area contributed by atoms with Gasteiger partial charge < -0.3 is 14.8 Å². The van der Waals surface area contributed by atoms with Crippen molar-refractivity contribution in [1.82, 2.24) is 14.9 Å². The second-order valence-corrected chi connectivity index (χ2v) is 12.2. The van der Waals surface area contributed by atoms with Crippen LogP contribution in [0.5, 0.6) is 5.75 Å². The molecule has 0 aliphatic heterocycles. The third-order valence-electron chi connectivity index (χ3n) is 8.02. The number of rotatable bonds is 15. The third kappa shape index (κ3) is 7.92. The zero-order valence-corrected chi connectivity index (χ0v) is 26.1. The molecule has 0 saturated carbocycles. The molecule has 2 aromatic heterocycles. The number of carboxylic acid groups (broad SMARTS) is 1. The molecule has 7 heteroatoms. The normalized spacial score (nSPS) is 12.3. The third-order valence-corrected chi connectivity index (χ3v) is 8.94. The Kier molecular flexibility index (Phi) is 10.3. The van der Waals surface area contributed by atoms with Crippen molar-refractivity contribution in [1.29, 1.82) is 0 Å². The van der Waals surface area contributed by atoms with Crippen LogP contribution in [0.2, 0.25) is 0 Å². The molecule has 3 aromatic carbocycles. The molecule has 2 heterocycles. The number of benzene rings is 3. The first-order chi connectivity index (χ1) is 20.9. The average molecular weight is 596 g/mol. The van der Waals surface area contributed by atoms with E-state index in [4.69, 9.17) is 9.72 Å². The van der Waals surface area contributed by atoms with Gasteiger partial charge in [0.2, 0.25) is 0 Å². The lowest BCUT2D eigenvalue weighted by Crippen LogP contribution is -2.32. The Hall–Kier alpha value is -3.94. The van der Waals surface area contributed by atoms with Crippen molar-refractivity contribution in [2.24, 2.45) is 0 Å². The number of hydrogen-bond acceptors (Lipinski definition) is 5. The van der Waals surface area contributed by atoms with Crippen molar-refractivity contribution in [3.05, 3.63) is 106 Å². The van der Waals surface area contributed by atoms with Gasteiger partial charge in [0.05, 0.1) is 23.6 Å². The Balaban J connectivity index is 1.20. The van der Waals surface area contributed by atoms with Gasteiger partial charge in [-0.1, -0.05) is 75.2 Å². The van der Waals surface area contributed by atoms with E-state index < -0.39 is 5.97 Å². The number of nitrogens with one attached hydrogen (secondary N) is 1. The molecule has 0 aliphatic rings. The molecule has 0 radical (unpaired) electrons. The minimum absolute atomic E-state index is 0.0685. The molecule has 1 atom stereocenters. The molecule has 43 heavy (non-hydrogen) atoms. The first-order valence-corrected chi connectivity index (χ1v) is 16.1. The van der Waals surface area contributed by atoms with Gasteiger partial charge in [0.15, 0.2) is 0 Å². The van der Waals surface area contributed by atoms with Gasteiger partial charge in [-0.05, 0) is 83.6 Å². The van der Waals surface area contributed by atoms with E-state index in [0.29, 0.717) is 19.1 Å². The number of imidazole rings is 1. The summed E-state index contributed by atoms with van der Waals surface area (Å²) in [6.45, 7) is 7.48. The maximum Gasteiger partial charge on any atom is 0.317 e. The first-order valence-electron chi connectivity index (χ1n) is 15.2. The lowest BCUT2D eigenvalue weighted by Gasteiger charge is -2.25. The van der Waals surface area contributed by atoms with Crippen LogP contribution in [-0.4, -0.2) is 32.5 Å². The van der Waals surface area contributed by atoms with Crippen LogP contribution in [0, 0.1) is 0 Å². The number of H-pyrrole nitrogens is 1. The van der Waals surface area contributed by atoms with Crippen LogP contribution < -0.4 is 4.74 Å². The van der Waals surface area contributed by atoms with Crippen molar-refractivity contribution in [2.45, 2.75) is 71.6 Å². The fourth-order valence-corrected chi connectivity index (χ4v) is 6.55. The van der Waals surface area contributed by atoms with Crippen LogP contribution in [0.4, 0.5) is 0 Å². The predicted molar refractivity (Wildman–Crippen MR) is 176 cm³/mol. The molecule has 0 saturated heterocycles. The lowest BCUT2D eigenvalue weighted by atomic mass is 9.90. The van der Waals surface area contributed by atoms with Crippen molar-refractivity contribution >= 4 is 28.3 Å². The summed E-state index contributed by atoms with van der Waals surface area (Å²) in [4.78, 5) is 22.8. The SMILES string of the molecule is CCCC(CCC)c1ccc(OCc2ccc(-c3csc(CN(CC(=O)O)C(C)c4nc5ccccc5[nH]4)c3)cc2)cc1. The van der Waals surface area contributed by atoms with E-state index in [-0.39, 0.29) is 12.6 Å². The van der Waals surface area contributed by atoms with Crippen LogP contribution in [0.3, 0.4) is 0 Å². The van der Waals surface area contributed by atoms with Crippen molar-refractivity contribution in [3.63, 3.8) is 0 Å². The fraction of sp³-hybridized carbons (Fsp3) is 0.333. The van der Waals surface area contributed by atoms with Gasteiger partial charge >= 0.3 is 5.97 Å². The van der Waals surface area contributed by atoms with E-state index >= 15 is 0 Å². The molecular weight excluding hydrogens is 554 g/mol. The molecule has 0 aliphatic carbocycles. The van der Waals surface area contributed by atoms with Crippen LogP contribution in [0.25, 0.3) is 22.2 Å². The number of fused-ring (bicyclic) bond motifs is 1. The summed E-state index contributed by atoms with van der Waals surface area (Å²) in [5.41, 5.74) is 6.61. The highest BCUT2D eigenvalue weighted by atomic mass is 32.1. The topological polar surface area (TPSA) is 78.4 Å². The number of aromatic amines is 1. The minimum atomic E-state index is -0.856. The highest BCUT2D eigenvalue weighted by Crippen LogP contribution is 2.31. The van der Waals surface area contributed by atoms with Crippen molar-refractivity contribution < 1.29 is 14.6 Å². The molecule has 0 spiro atoms. The smallest absolute Gasteiger partial charge is 0.317 e. The Morgan fingerprint density at radius 3 is 2.37 bits per heavy atom. The average Bonchev–Trinajstić information content (AvgIpc) is 3.67. The summed E-state index contributed by atoms with van der Waals surface area (Å²) in [5, 5.41) is 11.8. The molecule has 1 unspecified atom stereocenters. The summed E-state index contributed by atoms with van der Waals surface area (Å²) >= 11 is 1.65. The molecule has 5 aromatic rings. The number of nitrogens with zero attached hydrogens (tertiary/aromatic N) is 2. The van der Waals surface area contributed by atoms with E-state index in [2.05, 4.69) is 78.8 Å². The van der Waals surface area contributed by atoms with Crippen LogP contribution in [-0.2, 0) is 17.9 Å². The molecular formula is C36H41N3O3S. The molecule has 0 bridgehead atoms. The number of ether oxygens (including phenoxy) is 1. The highest BCUT2D eigenvalue weighted by molar-refractivity contribution is 7.10. The van der Waals surface area contributed by atoms with Crippen LogP contribution in [0.15, 0.2) is 84.2 Å². The number of carbonyl (C=O) groups is 1. The monoisotopic (exact) mass is 595 g/mol. The van der Waals surface area contributed by atoms with Gasteiger partial charge in [-0.3, -0.25) is 9.69 Å². The van der Waals surface area contributed by atoms with Crippen LogP contribution in [0.1, 0.15) is 80.2 Å². The van der Waals surface area contributed by atoms with E-state index in [0.717, 1.165) is 44.2 Å². The van der Waals surface area contributed by atoms with E-state index in [1.54, 1.807) is 11.3 Å². The van der Waals surface area contributed by atoms with E-state index in [1.807, 2.05) is 36.1 Å². The van der Waals surface area contributed by atoms with Gasteiger partial charge in [0, 0.05) is 11.4 Å². The number of aliphatic carboxylic acids is 1. The second-order valence-electron chi connectivity index (χ2n) is 11.2. The van der Waals surface area contributed by atoms with Gasteiger partial charge in [-0.15, -0.1) is 11.3 Å². The second kappa shape index (κ2) is 14.5. The fourth-order valence-electron chi connectivity index (χ4n) is 5.63. The molecule has 0 amide bonds. The first kappa shape index (κ1) is 30.5. The predicted octanol–water partition coefficient (Wildman–Crippen LogP) is 9.20. The summed E-state index contributed by atoms with van der Waals surface area (Å²) < 4.78 is 6.09. The van der Waals surface area contributed by atoms with Gasteiger partial charge in [-0.2, -0.15) is 0 Å². The molecule has 6 nitrogen and oxygen atoms in total. The molecule has 0 fully saturated rings. The quantitative estimate of drug-likeness (QED) is 0.126. The largest absolute Gasteiger partial charge is 0.489 e. The lowest BCUT2D eigenvalue weighted by molar-refractivity contribution is -0.139. The van der Waals surface area contributed by atoms with Crippen molar-refractivity contribution in [2.75, 3.05) is 6.54 Å². The van der Waals surface area contributed by atoms with Crippen LogP contribution >= 0.6 is 11.3 Å². The highest BCUT2D eigenvalue weighted by Gasteiger charge is 2.22. The Labute approximate surface area is 258 Å². The molecule has 224 valence electrons. The maximum absolute atomic E-state index is 11.7. The van der Waals surface area contributed by atoms with Gasteiger partial charge in [0.25, 0.3) is 0 Å². The van der Waals surface area contributed by atoms with E-state index in [9.17, 15) is 9.90 Å². The number of hydrogen-bond donors (Lipinski definition) is 2. The number of carboxylic acids is 1. The summed E-state index contributed by atoms with van der Waals surface area (Å²) in [6, 6.07) is 26.9. The number of aromatic nitrogens is 2. The number of thiophene rings is 1. The summed E-state index contributed by atoms with van der Waals surface area (Å²) in [6.07, 6.45) is 4.87. The summed E-state index contributed by atoms with van der Waals surface area (Å²) in [7, 11) is 0. The number of para-hydroxylation sites is 2. The molecule has 2 N–H and O–H groups in total. The maximum atomic E-state index is 11.7. The Morgan fingerprint density at radius 2 is 1.70 bits per heavy atom. The standard InChI is InChI=1S/C36H41N3O3S/c1-4-8-27(9-5-2)28-16-18-31(19-17-28)42-23-26-12-14-29(15-13-26)30-20-32(43-24-30)21-39(22-35(40)41)25(3)36-37-33-10-6-7-11-34(33)38-36/h6-7,10-20,24-25,27H,4-5,8-9,21-23H2,1-3H3,(H,37,38)(H,40,41). The minimum Gasteiger partial charge on any atom is -0.489 e. The van der Waals surface area contributed by atoms with Crippen molar-refractivity contribution in [3.8, 4) is 16.9 Å². The Bertz CT molecular complexity index is 1570. The van der Waals surface area contributed by atoms with Gasteiger partial charge in [-0.25, -0.2) is 4.98 Å². The molecule has 5 rings (SSSR count).